The Morgan fingerprint density at radius 1 is 1.27 bits per heavy atom. The second-order valence-electron chi connectivity index (χ2n) is 3.81. The highest BCUT2D eigenvalue weighted by molar-refractivity contribution is 6.02. The molecule has 0 aliphatic heterocycles. The molecule has 15 heavy (non-hydrogen) atoms. The van der Waals surface area contributed by atoms with Gasteiger partial charge in [-0.15, -0.1) is 0 Å². The number of ketones is 1. The van der Waals surface area contributed by atoms with E-state index in [1.165, 1.54) is 24.8 Å². The molecule has 0 saturated heterocycles. The first kappa shape index (κ1) is 12.0. The van der Waals surface area contributed by atoms with Crippen molar-refractivity contribution in [2.24, 2.45) is 0 Å². The molecule has 1 saturated carbocycles. The monoisotopic (exact) mass is 210 g/mol. The summed E-state index contributed by atoms with van der Waals surface area (Å²) in [6.07, 6.45) is 7.12. The number of ether oxygens (including phenoxy) is 1. The first-order valence-corrected chi connectivity index (χ1v) is 5.60. The highest BCUT2D eigenvalue weighted by Crippen LogP contribution is 2.22. The van der Waals surface area contributed by atoms with Crippen molar-refractivity contribution in [2.45, 2.75) is 45.4 Å². The normalized spacial score (nSPS) is 15.9. The van der Waals surface area contributed by atoms with Gasteiger partial charge in [-0.25, -0.2) is 0 Å². The molecule has 1 aliphatic carbocycles. The SMILES string of the molecule is CCOC(=O)CC(=O)C=C1CCCCC1. The van der Waals surface area contributed by atoms with Gasteiger partial charge >= 0.3 is 5.97 Å². The molecule has 0 heterocycles. The molecule has 0 atom stereocenters. The van der Waals surface area contributed by atoms with E-state index < -0.39 is 5.97 Å². The molecule has 0 aromatic rings. The predicted octanol–water partition coefficient (Wildman–Crippen LogP) is 2.40. The largest absolute Gasteiger partial charge is 0.466 e. The van der Waals surface area contributed by atoms with E-state index in [0.717, 1.165) is 12.8 Å². The van der Waals surface area contributed by atoms with Crippen LogP contribution in [0.5, 0.6) is 0 Å². The first-order chi connectivity index (χ1) is 7.22. The fraction of sp³-hybridized carbons (Fsp3) is 0.667. The summed E-state index contributed by atoms with van der Waals surface area (Å²) in [6.45, 7) is 2.07. The molecule has 0 amide bonds. The maximum atomic E-state index is 11.4. The quantitative estimate of drug-likeness (QED) is 0.406. The minimum absolute atomic E-state index is 0.114. The number of hydrogen-bond donors (Lipinski definition) is 0. The molecule has 0 bridgehead atoms. The van der Waals surface area contributed by atoms with Crippen LogP contribution < -0.4 is 0 Å². The van der Waals surface area contributed by atoms with E-state index >= 15 is 0 Å². The summed E-state index contributed by atoms with van der Waals surface area (Å²) in [6, 6.07) is 0. The minimum atomic E-state index is -0.421. The van der Waals surface area contributed by atoms with Gasteiger partial charge in [-0.2, -0.15) is 0 Å². The maximum absolute atomic E-state index is 11.4. The Bertz CT molecular complexity index is 258. The predicted molar refractivity (Wildman–Crippen MR) is 57.4 cm³/mol. The lowest BCUT2D eigenvalue weighted by Gasteiger charge is -2.12. The molecule has 1 aliphatic rings. The van der Waals surface area contributed by atoms with Crippen molar-refractivity contribution < 1.29 is 14.3 Å². The van der Waals surface area contributed by atoms with E-state index in [1.807, 2.05) is 0 Å². The third-order valence-electron chi connectivity index (χ3n) is 2.48. The number of allylic oxidation sites excluding steroid dienone is 2. The summed E-state index contributed by atoms with van der Waals surface area (Å²) < 4.78 is 4.71. The zero-order chi connectivity index (χ0) is 11.1. The average molecular weight is 210 g/mol. The lowest BCUT2D eigenvalue weighted by Crippen LogP contribution is -2.10. The van der Waals surface area contributed by atoms with Gasteiger partial charge in [-0.3, -0.25) is 9.59 Å². The third-order valence-corrected chi connectivity index (χ3v) is 2.48. The third kappa shape index (κ3) is 4.77. The molecule has 1 rings (SSSR count). The van der Waals surface area contributed by atoms with Gasteiger partial charge in [0.1, 0.15) is 6.42 Å². The zero-order valence-corrected chi connectivity index (χ0v) is 9.25. The Kier molecular flexibility index (Phi) is 5.08. The molecule has 3 heteroatoms. The Balaban J connectivity index is 2.36. The molecule has 3 nitrogen and oxygen atoms in total. The number of carbonyl (C=O) groups is 2. The van der Waals surface area contributed by atoms with Crippen LogP contribution in [0.25, 0.3) is 0 Å². The lowest BCUT2D eigenvalue weighted by atomic mass is 9.94. The number of esters is 1. The van der Waals surface area contributed by atoms with Crippen LogP contribution >= 0.6 is 0 Å². The molecule has 0 N–H and O–H groups in total. The summed E-state index contributed by atoms with van der Waals surface area (Å²) in [5, 5.41) is 0. The Morgan fingerprint density at radius 2 is 1.93 bits per heavy atom. The molecular weight excluding hydrogens is 192 g/mol. The summed E-state index contributed by atoms with van der Waals surface area (Å²) >= 11 is 0. The fourth-order valence-corrected chi connectivity index (χ4v) is 1.78. The van der Waals surface area contributed by atoms with Crippen molar-refractivity contribution in [2.75, 3.05) is 6.61 Å². The van der Waals surface area contributed by atoms with Crippen LogP contribution in [0.4, 0.5) is 0 Å². The van der Waals surface area contributed by atoms with Crippen LogP contribution in [-0.2, 0) is 14.3 Å². The van der Waals surface area contributed by atoms with Crippen LogP contribution in [0.15, 0.2) is 11.6 Å². The molecule has 1 fully saturated rings. The van der Waals surface area contributed by atoms with Crippen molar-refractivity contribution in [1.29, 1.82) is 0 Å². The van der Waals surface area contributed by atoms with Crippen molar-refractivity contribution in [1.82, 2.24) is 0 Å². The fourth-order valence-electron chi connectivity index (χ4n) is 1.78. The zero-order valence-electron chi connectivity index (χ0n) is 9.25. The molecule has 0 spiro atoms. The Morgan fingerprint density at radius 3 is 2.53 bits per heavy atom. The Hall–Kier alpha value is -1.12. The second kappa shape index (κ2) is 6.38. The smallest absolute Gasteiger partial charge is 0.313 e. The summed E-state index contributed by atoms with van der Waals surface area (Å²) in [4.78, 5) is 22.4. The second-order valence-corrected chi connectivity index (χ2v) is 3.81. The average Bonchev–Trinajstić information content (AvgIpc) is 2.19. The van der Waals surface area contributed by atoms with Crippen LogP contribution in [0, 0.1) is 0 Å². The molecule has 0 aromatic heterocycles. The Labute approximate surface area is 90.5 Å². The van der Waals surface area contributed by atoms with E-state index in [9.17, 15) is 9.59 Å². The van der Waals surface area contributed by atoms with E-state index in [1.54, 1.807) is 13.0 Å². The number of rotatable bonds is 4. The molecule has 0 radical (unpaired) electrons. The van der Waals surface area contributed by atoms with Crippen LogP contribution in [0.3, 0.4) is 0 Å². The molecular formula is C12H18O3. The summed E-state index contributed by atoms with van der Waals surface area (Å²) in [5.41, 5.74) is 1.19. The van der Waals surface area contributed by atoms with Crippen LogP contribution in [-0.4, -0.2) is 18.4 Å². The van der Waals surface area contributed by atoms with E-state index in [0.29, 0.717) is 6.61 Å². The van der Waals surface area contributed by atoms with Crippen molar-refractivity contribution in [3.05, 3.63) is 11.6 Å². The van der Waals surface area contributed by atoms with E-state index in [4.69, 9.17) is 4.74 Å². The topological polar surface area (TPSA) is 43.4 Å². The number of carbonyl (C=O) groups excluding carboxylic acids is 2. The highest BCUT2D eigenvalue weighted by Gasteiger charge is 2.11. The van der Waals surface area contributed by atoms with Crippen molar-refractivity contribution in [3.8, 4) is 0 Å². The van der Waals surface area contributed by atoms with Gasteiger partial charge in [0.2, 0.25) is 0 Å². The van der Waals surface area contributed by atoms with Gasteiger partial charge in [-0.05, 0) is 38.7 Å². The van der Waals surface area contributed by atoms with Gasteiger partial charge in [-0.1, -0.05) is 12.0 Å². The van der Waals surface area contributed by atoms with E-state index in [-0.39, 0.29) is 12.2 Å². The van der Waals surface area contributed by atoms with Gasteiger partial charge in [0, 0.05) is 0 Å². The van der Waals surface area contributed by atoms with Crippen LogP contribution in [0.1, 0.15) is 45.4 Å². The van der Waals surface area contributed by atoms with Crippen LogP contribution in [0.2, 0.25) is 0 Å². The standard InChI is InChI=1S/C12H18O3/c1-2-15-12(14)9-11(13)8-10-6-4-3-5-7-10/h8H,2-7,9H2,1H3. The lowest BCUT2D eigenvalue weighted by molar-refractivity contribution is -0.144. The maximum Gasteiger partial charge on any atom is 0.313 e. The van der Waals surface area contributed by atoms with Gasteiger partial charge in [0.05, 0.1) is 6.61 Å². The minimum Gasteiger partial charge on any atom is -0.466 e. The molecule has 84 valence electrons. The molecule has 0 aromatic carbocycles. The summed E-state index contributed by atoms with van der Waals surface area (Å²) in [7, 11) is 0. The van der Waals surface area contributed by atoms with Gasteiger partial charge in [0.15, 0.2) is 5.78 Å². The van der Waals surface area contributed by atoms with Gasteiger partial charge < -0.3 is 4.74 Å². The highest BCUT2D eigenvalue weighted by atomic mass is 16.5. The van der Waals surface area contributed by atoms with E-state index in [2.05, 4.69) is 0 Å². The first-order valence-electron chi connectivity index (χ1n) is 5.60. The molecule has 0 unspecified atom stereocenters. The van der Waals surface area contributed by atoms with Gasteiger partial charge in [0.25, 0.3) is 0 Å². The van der Waals surface area contributed by atoms with Crippen molar-refractivity contribution >= 4 is 11.8 Å². The summed E-state index contributed by atoms with van der Waals surface area (Å²) in [5.74, 6) is -0.541. The van der Waals surface area contributed by atoms with Crippen molar-refractivity contribution in [3.63, 3.8) is 0 Å². The number of hydrogen-bond acceptors (Lipinski definition) is 3.